The molecule has 0 saturated carbocycles. The maximum Gasteiger partial charge on any atom is 0.236 e. The summed E-state index contributed by atoms with van der Waals surface area (Å²) in [5, 5.41) is 8.03. The molecule has 0 radical (unpaired) electrons. The van der Waals surface area contributed by atoms with Crippen LogP contribution in [0.2, 0.25) is 0 Å². The lowest BCUT2D eigenvalue weighted by Crippen LogP contribution is -2.41. The summed E-state index contributed by atoms with van der Waals surface area (Å²) in [7, 11) is 1.84. The average molecular weight is 341 g/mol. The van der Waals surface area contributed by atoms with E-state index in [9.17, 15) is 4.79 Å². The first-order valence-electron chi connectivity index (χ1n) is 9.05. The molecule has 25 heavy (non-hydrogen) atoms. The van der Waals surface area contributed by atoms with Crippen molar-refractivity contribution in [3.63, 3.8) is 0 Å². The number of nitrogens with zero attached hydrogens (tertiary/aromatic N) is 5. The number of hydrogen-bond donors (Lipinski definition) is 0. The standard InChI is InChI=1S/C19H27N5O/c1-3-24-15-20-21-18(24)13-22(2)19(25)14-23-11-9-17(10-12-23)16-7-5-4-6-8-16/h4-8,15,17H,3,9-14H2,1-2H3. The Hall–Kier alpha value is -2.21. The molecule has 2 heterocycles. The van der Waals surface area contributed by atoms with Crippen LogP contribution in [0.1, 0.15) is 37.1 Å². The van der Waals surface area contributed by atoms with E-state index in [1.54, 1.807) is 11.2 Å². The van der Waals surface area contributed by atoms with Gasteiger partial charge in [-0.2, -0.15) is 0 Å². The quantitative estimate of drug-likeness (QED) is 0.808. The van der Waals surface area contributed by atoms with Gasteiger partial charge in [0.25, 0.3) is 0 Å². The number of carbonyl (C=O) groups is 1. The lowest BCUT2D eigenvalue weighted by Gasteiger charge is -2.32. The predicted octanol–water partition coefficient (Wildman–Crippen LogP) is 2.14. The Balaban J connectivity index is 1.47. The number of rotatable bonds is 6. The molecule has 6 nitrogen and oxygen atoms in total. The van der Waals surface area contributed by atoms with E-state index in [2.05, 4.69) is 45.4 Å². The Labute approximate surface area is 149 Å². The fourth-order valence-corrected chi connectivity index (χ4v) is 3.43. The molecule has 0 unspecified atom stereocenters. The normalized spacial score (nSPS) is 16.1. The van der Waals surface area contributed by atoms with Crippen LogP contribution in [0.4, 0.5) is 0 Å². The summed E-state index contributed by atoms with van der Waals surface area (Å²) >= 11 is 0. The summed E-state index contributed by atoms with van der Waals surface area (Å²) in [5.74, 6) is 1.60. The highest BCUT2D eigenvalue weighted by Crippen LogP contribution is 2.27. The molecule has 1 fully saturated rings. The molecule has 1 aromatic carbocycles. The Kier molecular flexibility index (Phi) is 5.81. The van der Waals surface area contributed by atoms with Crippen molar-refractivity contribution in [2.75, 3.05) is 26.7 Å². The van der Waals surface area contributed by atoms with E-state index in [1.165, 1.54) is 5.56 Å². The molecule has 1 aromatic heterocycles. The molecule has 1 aliphatic rings. The van der Waals surface area contributed by atoms with Gasteiger partial charge in [0.15, 0.2) is 5.82 Å². The van der Waals surface area contributed by atoms with Gasteiger partial charge in [0.05, 0.1) is 13.1 Å². The molecule has 0 aliphatic carbocycles. The van der Waals surface area contributed by atoms with Gasteiger partial charge in [0.2, 0.25) is 5.91 Å². The van der Waals surface area contributed by atoms with Crippen LogP contribution in [0, 0.1) is 0 Å². The minimum Gasteiger partial charge on any atom is -0.337 e. The Morgan fingerprint density at radius 1 is 1.24 bits per heavy atom. The van der Waals surface area contributed by atoms with Gasteiger partial charge in [0, 0.05) is 13.6 Å². The second-order valence-electron chi connectivity index (χ2n) is 6.74. The zero-order valence-electron chi connectivity index (χ0n) is 15.1. The fraction of sp³-hybridized carbons (Fsp3) is 0.526. The zero-order valence-corrected chi connectivity index (χ0v) is 15.1. The Morgan fingerprint density at radius 2 is 1.96 bits per heavy atom. The lowest BCUT2D eigenvalue weighted by molar-refractivity contribution is -0.132. The number of benzene rings is 1. The van der Waals surface area contributed by atoms with Crippen molar-refractivity contribution in [2.45, 2.75) is 38.8 Å². The number of amides is 1. The number of aromatic nitrogens is 3. The van der Waals surface area contributed by atoms with Gasteiger partial charge in [0.1, 0.15) is 6.33 Å². The van der Waals surface area contributed by atoms with Crippen molar-refractivity contribution < 1.29 is 4.79 Å². The number of aryl methyl sites for hydroxylation is 1. The van der Waals surface area contributed by atoms with Crippen molar-refractivity contribution in [2.24, 2.45) is 0 Å². The predicted molar refractivity (Wildman–Crippen MR) is 97.0 cm³/mol. The van der Waals surface area contributed by atoms with Gasteiger partial charge in [-0.05, 0) is 44.3 Å². The first-order chi connectivity index (χ1) is 12.2. The van der Waals surface area contributed by atoms with Crippen LogP contribution in [0.25, 0.3) is 0 Å². The van der Waals surface area contributed by atoms with Crippen LogP contribution in [-0.4, -0.2) is 57.2 Å². The van der Waals surface area contributed by atoms with Crippen LogP contribution in [0.15, 0.2) is 36.7 Å². The highest BCUT2D eigenvalue weighted by molar-refractivity contribution is 5.77. The fourth-order valence-electron chi connectivity index (χ4n) is 3.43. The summed E-state index contributed by atoms with van der Waals surface area (Å²) in [4.78, 5) is 16.5. The Morgan fingerprint density at radius 3 is 2.64 bits per heavy atom. The van der Waals surface area contributed by atoms with Crippen LogP contribution in [0.5, 0.6) is 0 Å². The lowest BCUT2D eigenvalue weighted by atomic mass is 9.89. The zero-order chi connectivity index (χ0) is 17.6. The topological polar surface area (TPSA) is 54.3 Å². The van der Waals surface area contributed by atoms with Gasteiger partial charge in [-0.1, -0.05) is 30.3 Å². The molecule has 0 N–H and O–H groups in total. The molecule has 3 rings (SSSR count). The summed E-state index contributed by atoms with van der Waals surface area (Å²) in [6.07, 6.45) is 3.94. The first-order valence-corrected chi connectivity index (χ1v) is 9.05. The minimum absolute atomic E-state index is 0.142. The monoisotopic (exact) mass is 341 g/mol. The number of piperidine rings is 1. The number of carbonyl (C=O) groups excluding carboxylic acids is 1. The molecule has 134 valence electrons. The summed E-state index contributed by atoms with van der Waals surface area (Å²) < 4.78 is 1.97. The van der Waals surface area contributed by atoms with Gasteiger partial charge < -0.3 is 9.47 Å². The SMILES string of the molecule is CCn1cnnc1CN(C)C(=O)CN1CCC(c2ccccc2)CC1. The van der Waals surface area contributed by atoms with Gasteiger partial charge >= 0.3 is 0 Å². The van der Waals surface area contributed by atoms with Crippen molar-refractivity contribution in [3.8, 4) is 0 Å². The summed E-state index contributed by atoms with van der Waals surface area (Å²) in [5.41, 5.74) is 1.42. The van der Waals surface area contributed by atoms with Crippen LogP contribution >= 0.6 is 0 Å². The van der Waals surface area contributed by atoms with Crippen LogP contribution in [-0.2, 0) is 17.9 Å². The van der Waals surface area contributed by atoms with Crippen molar-refractivity contribution in [3.05, 3.63) is 48.0 Å². The molecule has 0 bridgehead atoms. The van der Waals surface area contributed by atoms with Crippen molar-refractivity contribution >= 4 is 5.91 Å². The van der Waals surface area contributed by atoms with E-state index < -0.39 is 0 Å². The second-order valence-corrected chi connectivity index (χ2v) is 6.74. The van der Waals surface area contributed by atoms with Crippen molar-refractivity contribution in [1.82, 2.24) is 24.6 Å². The molecular formula is C19H27N5O. The highest BCUT2D eigenvalue weighted by atomic mass is 16.2. The molecule has 1 aliphatic heterocycles. The maximum atomic E-state index is 12.5. The molecule has 1 amide bonds. The van der Waals surface area contributed by atoms with Crippen molar-refractivity contribution in [1.29, 1.82) is 0 Å². The average Bonchev–Trinajstić information content (AvgIpc) is 3.10. The second kappa shape index (κ2) is 8.25. The Bertz CT molecular complexity index is 676. The minimum atomic E-state index is 0.142. The number of hydrogen-bond acceptors (Lipinski definition) is 4. The summed E-state index contributed by atoms with van der Waals surface area (Å²) in [6.45, 7) is 5.81. The van der Waals surface area contributed by atoms with Gasteiger partial charge in [-0.3, -0.25) is 9.69 Å². The number of likely N-dealkylation sites (N-methyl/N-ethyl adjacent to an activating group) is 1. The van der Waals surface area contributed by atoms with Crippen LogP contribution < -0.4 is 0 Å². The van der Waals surface area contributed by atoms with E-state index in [4.69, 9.17) is 0 Å². The van der Waals surface area contributed by atoms with E-state index in [-0.39, 0.29) is 5.91 Å². The van der Waals surface area contributed by atoms with Crippen LogP contribution in [0.3, 0.4) is 0 Å². The maximum absolute atomic E-state index is 12.5. The van der Waals surface area contributed by atoms with E-state index in [0.717, 1.165) is 38.3 Å². The van der Waals surface area contributed by atoms with E-state index >= 15 is 0 Å². The largest absolute Gasteiger partial charge is 0.337 e. The molecule has 0 atom stereocenters. The first kappa shape index (κ1) is 17.6. The smallest absolute Gasteiger partial charge is 0.236 e. The molecular weight excluding hydrogens is 314 g/mol. The van der Waals surface area contributed by atoms with Gasteiger partial charge in [-0.15, -0.1) is 10.2 Å². The summed E-state index contributed by atoms with van der Waals surface area (Å²) in [6, 6.07) is 10.7. The van der Waals surface area contributed by atoms with Gasteiger partial charge in [-0.25, -0.2) is 0 Å². The third kappa shape index (κ3) is 4.45. The molecule has 1 saturated heterocycles. The number of likely N-dealkylation sites (tertiary alicyclic amines) is 1. The van der Waals surface area contributed by atoms with E-state index in [0.29, 0.717) is 19.0 Å². The molecule has 2 aromatic rings. The third-order valence-corrected chi connectivity index (χ3v) is 5.06. The molecule has 6 heteroatoms. The third-order valence-electron chi connectivity index (χ3n) is 5.06. The highest BCUT2D eigenvalue weighted by Gasteiger charge is 2.23. The van der Waals surface area contributed by atoms with E-state index in [1.807, 2.05) is 18.5 Å². The molecule has 0 spiro atoms.